The van der Waals surface area contributed by atoms with Crippen LogP contribution in [0.15, 0.2) is 18.2 Å². The minimum atomic E-state index is -5.31. The van der Waals surface area contributed by atoms with Crippen molar-refractivity contribution in [3.63, 3.8) is 0 Å². The number of methoxy groups -OCH3 is 1. The SMILES string of the molecule is COCCCOCCOc1ccc(F)cc1[B-](F)(F)F.[K+]. The van der Waals surface area contributed by atoms with Crippen LogP contribution in [0.5, 0.6) is 5.75 Å². The smallest absolute Gasteiger partial charge is 0.494 e. The molecule has 0 spiro atoms. The Morgan fingerprint density at radius 3 is 2.38 bits per heavy atom. The van der Waals surface area contributed by atoms with E-state index in [1.54, 1.807) is 7.11 Å². The predicted molar refractivity (Wildman–Crippen MR) is 67.9 cm³/mol. The van der Waals surface area contributed by atoms with Gasteiger partial charge in [0.05, 0.1) is 12.4 Å². The fraction of sp³-hybridized carbons (Fsp3) is 0.500. The average molecular weight is 334 g/mol. The zero-order chi connectivity index (χ0) is 15.0. The maximum absolute atomic E-state index is 12.9. The van der Waals surface area contributed by atoms with E-state index >= 15 is 0 Å². The molecule has 1 rings (SSSR count). The first-order valence-electron chi connectivity index (χ1n) is 6.14. The molecule has 0 fully saturated rings. The Morgan fingerprint density at radius 1 is 1.05 bits per heavy atom. The van der Waals surface area contributed by atoms with Crippen molar-refractivity contribution in [2.45, 2.75) is 6.42 Å². The molecule has 1 aromatic rings. The Balaban J connectivity index is 0.00000400. The molecule has 21 heavy (non-hydrogen) atoms. The molecule has 0 bridgehead atoms. The minimum Gasteiger partial charge on any atom is -0.494 e. The molecular weight excluding hydrogens is 318 g/mol. The van der Waals surface area contributed by atoms with Gasteiger partial charge in [0.2, 0.25) is 0 Å². The normalized spacial score (nSPS) is 11.1. The molecule has 9 heteroatoms. The Bertz CT molecular complexity index is 418. The third-order valence-corrected chi connectivity index (χ3v) is 2.45. The summed E-state index contributed by atoms with van der Waals surface area (Å²) in [5.74, 6) is -1.32. The summed E-state index contributed by atoms with van der Waals surface area (Å²) in [6, 6.07) is 2.35. The third-order valence-electron chi connectivity index (χ3n) is 2.45. The van der Waals surface area contributed by atoms with Crippen molar-refractivity contribution >= 4 is 12.4 Å². The first-order valence-corrected chi connectivity index (χ1v) is 6.14. The van der Waals surface area contributed by atoms with Gasteiger partial charge in [-0.15, -0.1) is 0 Å². The fourth-order valence-electron chi connectivity index (χ4n) is 1.52. The van der Waals surface area contributed by atoms with Gasteiger partial charge < -0.3 is 27.2 Å². The predicted octanol–water partition coefficient (Wildman–Crippen LogP) is -0.684. The number of rotatable bonds is 9. The molecule has 0 aromatic heterocycles. The van der Waals surface area contributed by atoms with Crippen molar-refractivity contribution in [2.75, 3.05) is 33.5 Å². The maximum Gasteiger partial charge on any atom is 1.00 e. The standard InChI is InChI=1S/C12H16BF4O3.K/c1-18-5-2-6-19-7-8-20-12-4-3-10(14)9-11(12)13(15,16)17;/h3-4,9H,2,5-8H2,1H3;/q-1;+1. The molecule has 0 aliphatic rings. The quantitative estimate of drug-likeness (QED) is 0.340. The second kappa shape index (κ2) is 11.0. The molecule has 3 nitrogen and oxygen atoms in total. The monoisotopic (exact) mass is 334 g/mol. The molecule has 0 amide bonds. The van der Waals surface area contributed by atoms with E-state index < -0.39 is 18.3 Å². The van der Waals surface area contributed by atoms with Crippen LogP contribution >= 0.6 is 0 Å². The van der Waals surface area contributed by atoms with E-state index in [-0.39, 0.29) is 70.3 Å². The summed E-state index contributed by atoms with van der Waals surface area (Å²) in [5, 5.41) is 0. The van der Waals surface area contributed by atoms with Crippen LogP contribution in [0.25, 0.3) is 0 Å². The topological polar surface area (TPSA) is 27.7 Å². The second-order valence-electron chi connectivity index (χ2n) is 4.06. The van der Waals surface area contributed by atoms with Gasteiger partial charge in [-0.25, -0.2) is 4.39 Å². The first kappa shape index (κ1) is 21.4. The molecule has 0 radical (unpaired) electrons. The molecule has 0 saturated heterocycles. The van der Waals surface area contributed by atoms with Crippen LogP contribution in [-0.2, 0) is 9.47 Å². The van der Waals surface area contributed by atoms with Crippen LogP contribution in [0, 0.1) is 5.82 Å². The summed E-state index contributed by atoms with van der Waals surface area (Å²) >= 11 is 0. The largest absolute Gasteiger partial charge is 1.00 e. The number of hydrogen-bond donors (Lipinski definition) is 0. The third kappa shape index (κ3) is 8.53. The molecule has 0 heterocycles. The number of ether oxygens (including phenoxy) is 3. The molecule has 0 atom stereocenters. The summed E-state index contributed by atoms with van der Waals surface area (Å²) in [6.45, 7) is -4.19. The van der Waals surface area contributed by atoms with Gasteiger partial charge in [0.25, 0.3) is 0 Å². The molecule has 1 aromatic carbocycles. The Labute approximate surface area is 163 Å². The molecule has 0 saturated carbocycles. The van der Waals surface area contributed by atoms with Crippen LogP contribution in [0.3, 0.4) is 0 Å². The van der Waals surface area contributed by atoms with Gasteiger partial charge in [0, 0.05) is 20.3 Å². The molecule has 0 aliphatic carbocycles. The zero-order valence-corrected chi connectivity index (χ0v) is 15.2. The van der Waals surface area contributed by atoms with Crippen molar-refractivity contribution in [2.24, 2.45) is 0 Å². The van der Waals surface area contributed by atoms with Crippen LogP contribution < -0.4 is 61.6 Å². The van der Waals surface area contributed by atoms with Gasteiger partial charge in [-0.05, 0) is 24.6 Å². The molecule has 114 valence electrons. The van der Waals surface area contributed by atoms with Gasteiger partial charge in [-0.2, -0.15) is 0 Å². The van der Waals surface area contributed by atoms with E-state index in [1.165, 1.54) is 0 Å². The van der Waals surface area contributed by atoms with Gasteiger partial charge in [-0.3, -0.25) is 0 Å². The van der Waals surface area contributed by atoms with Gasteiger partial charge in [-0.1, -0.05) is 5.46 Å². The Hall–Kier alpha value is 0.361. The molecular formula is C12H16BF4KO3. The van der Waals surface area contributed by atoms with Crippen LogP contribution in [0.4, 0.5) is 17.3 Å². The Morgan fingerprint density at radius 2 is 1.76 bits per heavy atom. The summed E-state index contributed by atoms with van der Waals surface area (Å²) in [6.07, 6.45) is 0.698. The number of halogens is 4. The van der Waals surface area contributed by atoms with E-state index in [0.29, 0.717) is 25.7 Å². The summed E-state index contributed by atoms with van der Waals surface area (Å²) in [4.78, 5) is 0. The van der Waals surface area contributed by atoms with Crippen molar-refractivity contribution < 1.29 is 82.9 Å². The van der Waals surface area contributed by atoms with E-state index in [4.69, 9.17) is 14.2 Å². The fourth-order valence-corrected chi connectivity index (χ4v) is 1.52. The van der Waals surface area contributed by atoms with Gasteiger partial charge >= 0.3 is 58.4 Å². The van der Waals surface area contributed by atoms with Crippen molar-refractivity contribution in [3.8, 4) is 5.75 Å². The summed E-state index contributed by atoms with van der Waals surface area (Å²) < 4.78 is 66.0. The van der Waals surface area contributed by atoms with E-state index in [2.05, 4.69) is 0 Å². The van der Waals surface area contributed by atoms with Crippen molar-refractivity contribution in [3.05, 3.63) is 24.0 Å². The number of hydrogen-bond acceptors (Lipinski definition) is 3. The number of benzene rings is 1. The van der Waals surface area contributed by atoms with Crippen LogP contribution in [0.1, 0.15) is 6.42 Å². The van der Waals surface area contributed by atoms with E-state index in [1.807, 2.05) is 0 Å². The zero-order valence-electron chi connectivity index (χ0n) is 12.1. The minimum absolute atomic E-state index is 0. The second-order valence-corrected chi connectivity index (χ2v) is 4.06. The van der Waals surface area contributed by atoms with E-state index in [0.717, 1.165) is 12.1 Å². The van der Waals surface area contributed by atoms with E-state index in [9.17, 15) is 17.3 Å². The molecule has 0 aliphatic heterocycles. The molecule has 0 unspecified atom stereocenters. The van der Waals surface area contributed by atoms with Gasteiger partial charge in [0.15, 0.2) is 0 Å². The van der Waals surface area contributed by atoms with Crippen molar-refractivity contribution in [1.82, 2.24) is 0 Å². The molecule has 0 N–H and O–H groups in total. The summed E-state index contributed by atoms with van der Waals surface area (Å²) in [5.41, 5.74) is -1.07. The average Bonchev–Trinajstić information content (AvgIpc) is 2.38. The summed E-state index contributed by atoms with van der Waals surface area (Å²) in [7, 11) is 1.57. The first-order chi connectivity index (χ1) is 9.45. The van der Waals surface area contributed by atoms with Crippen molar-refractivity contribution in [1.29, 1.82) is 0 Å². The van der Waals surface area contributed by atoms with Crippen LogP contribution in [0.2, 0.25) is 0 Å². The maximum atomic E-state index is 12.9. The van der Waals surface area contributed by atoms with Gasteiger partial charge in [0.1, 0.15) is 12.4 Å². The Kier molecular flexibility index (Phi) is 11.2. The van der Waals surface area contributed by atoms with Crippen LogP contribution in [-0.4, -0.2) is 40.5 Å².